The van der Waals surface area contributed by atoms with E-state index >= 15 is 0 Å². The van der Waals surface area contributed by atoms with Gasteiger partial charge in [0.2, 0.25) is 5.91 Å². The van der Waals surface area contributed by atoms with Crippen LogP contribution in [0.1, 0.15) is 26.3 Å². The Labute approximate surface area is 171 Å². The van der Waals surface area contributed by atoms with Crippen LogP contribution < -0.4 is 9.47 Å². The number of methoxy groups -OCH3 is 1. The second kappa shape index (κ2) is 7.78. The maximum Gasteiger partial charge on any atom is 0.225 e. The molecule has 152 valence electrons. The van der Waals surface area contributed by atoms with Crippen molar-refractivity contribution in [2.45, 2.75) is 26.8 Å². The molecule has 0 saturated carbocycles. The number of carbonyl (C=O) groups excluding carboxylic acids is 1. The Morgan fingerprint density at radius 3 is 2.69 bits per heavy atom. The van der Waals surface area contributed by atoms with Crippen LogP contribution in [0.4, 0.5) is 5.69 Å². The first kappa shape index (κ1) is 19.3. The van der Waals surface area contributed by atoms with Crippen LogP contribution >= 0.6 is 0 Å². The van der Waals surface area contributed by atoms with E-state index in [0.29, 0.717) is 23.8 Å². The predicted molar refractivity (Wildman–Crippen MR) is 113 cm³/mol. The summed E-state index contributed by atoms with van der Waals surface area (Å²) in [6.07, 6.45) is 0. The Bertz CT molecular complexity index is 954. The lowest BCUT2D eigenvalue weighted by Crippen LogP contribution is -2.56. The lowest BCUT2D eigenvalue weighted by molar-refractivity contribution is -0.138. The Morgan fingerprint density at radius 1 is 1.17 bits per heavy atom. The summed E-state index contributed by atoms with van der Waals surface area (Å²) in [7, 11) is 1.64. The summed E-state index contributed by atoms with van der Waals surface area (Å²) >= 11 is 0. The van der Waals surface area contributed by atoms with Gasteiger partial charge in [-0.1, -0.05) is 32.0 Å². The number of fused-ring (bicyclic) bond motifs is 2. The summed E-state index contributed by atoms with van der Waals surface area (Å²) < 4.78 is 11.8. The lowest BCUT2D eigenvalue weighted by atomic mass is 10.1. The fourth-order valence-corrected chi connectivity index (χ4v) is 3.93. The lowest BCUT2D eigenvalue weighted by Gasteiger charge is -2.42. The van der Waals surface area contributed by atoms with Crippen molar-refractivity contribution in [3.8, 4) is 17.2 Å². The number of benzene rings is 2. The molecular formula is C23H27N3O3. The van der Waals surface area contributed by atoms with E-state index < -0.39 is 0 Å². The highest BCUT2D eigenvalue weighted by Gasteiger charge is 2.32. The molecule has 6 heteroatoms. The molecular weight excluding hydrogens is 366 g/mol. The van der Waals surface area contributed by atoms with Crippen LogP contribution in [0.5, 0.6) is 17.2 Å². The quantitative estimate of drug-likeness (QED) is 0.772. The van der Waals surface area contributed by atoms with Crippen molar-refractivity contribution in [1.82, 2.24) is 9.80 Å². The number of hydrogen-bond donors (Lipinski definition) is 0. The number of amides is 1. The first-order chi connectivity index (χ1) is 14.0. The van der Waals surface area contributed by atoms with Crippen LogP contribution in [-0.4, -0.2) is 54.3 Å². The van der Waals surface area contributed by atoms with E-state index in [4.69, 9.17) is 14.5 Å². The first-order valence-electron chi connectivity index (χ1n) is 10.1. The molecule has 0 spiro atoms. The number of nitrogens with zero attached hydrogens (tertiary/aromatic N) is 3. The Kier molecular flexibility index (Phi) is 5.18. The van der Waals surface area contributed by atoms with Crippen molar-refractivity contribution in [1.29, 1.82) is 0 Å². The van der Waals surface area contributed by atoms with Gasteiger partial charge >= 0.3 is 0 Å². The molecule has 0 radical (unpaired) electrons. The van der Waals surface area contributed by atoms with Crippen LogP contribution in [0.3, 0.4) is 0 Å². The average Bonchev–Trinajstić information content (AvgIpc) is 2.89. The highest BCUT2D eigenvalue weighted by molar-refractivity contribution is 6.04. The molecule has 2 heterocycles. The molecule has 1 amide bonds. The van der Waals surface area contributed by atoms with E-state index in [9.17, 15) is 4.79 Å². The van der Waals surface area contributed by atoms with Crippen molar-refractivity contribution in [2.24, 2.45) is 10.9 Å². The smallest absolute Gasteiger partial charge is 0.225 e. The van der Waals surface area contributed by atoms with E-state index in [1.54, 1.807) is 7.11 Å². The molecule has 0 N–H and O–H groups in total. The minimum Gasteiger partial charge on any atom is -0.493 e. The van der Waals surface area contributed by atoms with Crippen molar-refractivity contribution < 1.29 is 14.3 Å². The summed E-state index contributed by atoms with van der Waals surface area (Å²) in [6.45, 7) is 8.12. The topological polar surface area (TPSA) is 54.4 Å². The number of hydrogen-bond acceptors (Lipinski definition) is 5. The van der Waals surface area contributed by atoms with E-state index in [1.807, 2.05) is 61.2 Å². The summed E-state index contributed by atoms with van der Waals surface area (Å²) in [6, 6.07) is 13.7. The third-order valence-electron chi connectivity index (χ3n) is 5.45. The van der Waals surface area contributed by atoms with Gasteiger partial charge in [0.1, 0.15) is 11.5 Å². The monoisotopic (exact) mass is 393 g/mol. The Hall–Kier alpha value is -3.02. The molecule has 0 aromatic heterocycles. The van der Waals surface area contributed by atoms with Crippen molar-refractivity contribution in [2.75, 3.05) is 26.7 Å². The summed E-state index contributed by atoms with van der Waals surface area (Å²) in [5.74, 6) is 3.11. The number of aliphatic imine (C=N–C) groups is 1. The van der Waals surface area contributed by atoms with Gasteiger partial charge in [0.05, 0.1) is 12.7 Å². The molecule has 4 rings (SSSR count). The molecule has 1 atom stereocenters. The van der Waals surface area contributed by atoms with Gasteiger partial charge < -0.3 is 19.3 Å². The molecule has 0 bridgehead atoms. The second-order valence-corrected chi connectivity index (χ2v) is 7.82. The van der Waals surface area contributed by atoms with Gasteiger partial charge in [-0.15, -0.1) is 0 Å². The Morgan fingerprint density at radius 2 is 1.97 bits per heavy atom. The van der Waals surface area contributed by atoms with Crippen molar-refractivity contribution in [3.05, 3.63) is 48.0 Å². The van der Waals surface area contributed by atoms with Crippen LogP contribution in [0.25, 0.3) is 0 Å². The van der Waals surface area contributed by atoms with E-state index in [0.717, 1.165) is 30.2 Å². The minimum atomic E-state index is 0.00415. The number of amidine groups is 1. The molecule has 1 saturated heterocycles. The molecule has 6 nitrogen and oxygen atoms in total. The normalized spacial score (nSPS) is 18.4. The standard InChI is InChI=1S/C23H27N3O3/c1-15(2)23(27)26-13-12-25(14-16(26)3)22-17-8-7-11-20(28-4)21(17)29-19-10-6-5-9-18(19)24-22/h5-11,15-16H,12-14H2,1-4H3/t16-/m0/s1. The van der Waals surface area contributed by atoms with Gasteiger partial charge in [-0.05, 0) is 31.2 Å². The van der Waals surface area contributed by atoms with E-state index in [1.165, 1.54) is 0 Å². The van der Waals surface area contributed by atoms with Crippen LogP contribution in [0.15, 0.2) is 47.5 Å². The van der Waals surface area contributed by atoms with E-state index in [2.05, 4.69) is 11.8 Å². The highest BCUT2D eigenvalue weighted by atomic mass is 16.5. The highest BCUT2D eigenvalue weighted by Crippen LogP contribution is 2.42. The first-order valence-corrected chi connectivity index (χ1v) is 10.1. The summed E-state index contributed by atoms with van der Waals surface area (Å²) in [5.41, 5.74) is 1.69. The largest absolute Gasteiger partial charge is 0.493 e. The predicted octanol–water partition coefficient (Wildman–Crippen LogP) is 4.07. The number of rotatable bonds is 2. The molecule has 0 unspecified atom stereocenters. The number of ether oxygens (including phenoxy) is 2. The molecule has 0 aliphatic carbocycles. The van der Waals surface area contributed by atoms with Gasteiger partial charge in [-0.3, -0.25) is 4.79 Å². The number of carbonyl (C=O) groups is 1. The molecule has 1 fully saturated rings. The zero-order chi connectivity index (χ0) is 20.5. The molecule has 2 aliphatic heterocycles. The third kappa shape index (κ3) is 3.55. The third-order valence-corrected chi connectivity index (χ3v) is 5.45. The molecule has 2 aromatic rings. The molecule has 2 aromatic carbocycles. The Balaban J connectivity index is 1.73. The van der Waals surface area contributed by atoms with Gasteiger partial charge in [0.25, 0.3) is 0 Å². The minimum absolute atomic E-state index is 0.00415. The molecule has 29 heavy (non-hydrogen) atoms. The summed E-state index contributed by atoms with van der Waals surface area (Å²) in [4.78, 5) is 21.7. The van der Waals surface area contributed by atoms with Gasteiger partial charge in [-0.2, -0.15) is 0 Å². The van der Waals surface area contributed by atoms with Crippen molar-refractivity contribution in [3.63, 3.8) is 0 Å². The van der Waals surface area contributed by atoms with Crippen LogP contribution in [0.2, 0.25) is 0 Å². The number of para-hydroxylation sites is 3. The SMILES string of the molecule is COc1cccc2c1Oc1ccccc1N=C2N1CCN(C(=O)C(C)C)[C@@H](C)C1. The van der Waals surface area contributed by atoms with Gasteiger partial charge in [0.15, 0.2) is 17.2 Å². The van der Waals surface area contributed by atoms with Gasteiger partial charge in [0, 0.05) is 31.6 Å². The second-order valence-electron chi connectivity index (χ2n) is 7.82. The number of piperazine rings is 1. The van der Waals surface area contributed by atoms with Gasteiger partial charge in [-0.25, -0.2) is 4.99 Å². The van der Waals surface area contributed by atoms with Crippen molar-refractivity contribution >= 4 is 17.4 Å². The van der Waals surface area contributed by atoms with Crippen LogP contribution in [0, 0.1) is 5.92 Å². The zero-order valence-electron chi connectivity index (χ0n) is 17.4. The molecule has 2 aliphatic rings. The van der Waals surface area contributed by atoms with Crippen LogP contribution in [-0.2, 0) is 4.79 Å². The maximum absolute atomic E-state index is 12.5. The van der Waals surface area contributed by atoms with E-state index in [-0.39, 0.29) is 17.9 Å². The average molecular weight is 393 g/mol. The summed E-state index contributed by atoms with van der Waals surface area (Å²) in [5, 5.41) is 0. The maximum atomic E-state index is 12.5. The fourth-order valence-electron chi connectivity index (χ4n) is 3.93. The zero-order valence-corrected chi connectivity index (χ0v) is 17.4. The fraction of sp³-hybridized carbons (Fsp3) is 0.391.